The van der Waals surface area contributed by atoms with Gasteiger partial charge in [-0.05, 0) is 26.0 Å². The summed E-state index contributed by atoms with van der Waals surface area (Å²) in [5.74, 6) is -0.180. The normalized spacial score (nSPS) is 10.5. The van der Waals surface area contributed by atoms with Gasteiger partial charge in [-0.25, -0.2) is 9.07 Å². The number of nitrogens with zero attached hydrogens (tertiary/aromatic N) is 2. The van der Waals surface area contributed by atoms with Gasteiger partial charge in [0.2, 0.25) is 0 Å². The van der Waals surface area contributed by atoms with Crippen LogP contribution in [0.1, 0.15) is 11.4 Å². The van der Waals surface area contributed by atoms with Crippen LogP contribution < -0.4 is 10.5 Å². The summed E-state index contributed by atoms with van der Waals surface area (Å²) in [5, 5.41) is 4.20. The van der Waals surface area contributed by atoms with E-state index in [1.807, 2.05) is 13.8 Å². The Morgan fingerprint density at radius 3 is 2.65 bits per heavy atom. The number of nitrogen functional groups attached to an aromatic ring is 1. The van der Waals surface area contributed by atoms with Crippen molar-refractivity contribution in [1.29, 1.82) is 0 Å². The van der Waals surface area contributed by atoms with Crippen molar-refractivity contribution in [2.45, 2.75) is 20.6 Å². The molecule has 0 saturated heterocycles. The molecule has 0 bridgehead atoms. The van der Waals surface area contributed by atoms with Crippen LogP contribution in [0.2, 0.25) is 0 Å². The van der Waals surface area contributed by atoms with Crippen LogP contribution in [0.25, 0.3) is 0 Å². The van der Waals surface area contributed by atoms with Gasteiger partial charge in [-0.1, -0.05) is 12.1 Å². The first-order chi connectivity index (χ1) is 8.09. The van der Waals surface area contributed by atoms with Gasteiger partial charge in [0.25, 0.3) is 0 Å². The number of hydrogen-bond acceptors (Lipinski definition) is 3. The smallest absolute Gasteiger partial charge is 0.181 e. The second-order valence-corrected chi connectivity index (χ2v) is 3.79. The fourth-order valence-electron chi connectivity index (χ4n) is 1.53. The molecule has 0 atom stereocenters. The van der Waals surface area contributed by atoms with Crippen molar-refractivity contribution in [2.24, 2.45) is 0 Å². The van der Waals surface area contributed by atoms with Crippen LogP contribution in [0.4, 0.5) is 10.1 Å². The van der Waals surface area contributed by atoms with Gasteiger partial charge in [-0.3, -0.25) is 0 Å². The Labute approximate surface area is 98.8 Å². The third-order valence-corrected chi connectivity index (χ3v) is 2.62. The van der Waals surface area contributed by atoms with Gasteiger partial charge in [-0.2, -0.15) is 5.10 Å². The summed E-state index contributed by atoms with van der Waals surface area (Å²) in [6.45, 7) is 3.81. The molecule has 4 nitrogen and oxygen atoms in total. The quantitative estimate of drug-likeness (QED) is 0.887. The van der Waals surface area contributed by atoms with E-state index in [1.165, 1.54) is 6.07 Å². The van der Waals surface area contributed by atoms with Gasteiger partial charge < -0.3 is 10.5 Å². The molecule has 0 amide bonds. The molecule has 2 aromatic rings. The average molecular weight is 235 g/mol. The van der Waals surface area contributed by atoms with Gasteiger partial charge >= 0.3 is 0 Å². The highest BCUT2D eigenvalue weighted by atomic mass is 19.1. The maximum Gasteiger partial charge on any atom is 0.181 e. The van der Waals surface area contributed by atoms with Crippen LogP contribution in [0.15, 0.2) is 24.3 Å². The van der Waals surface area contributed by atoms with Gasteiger partial charge in [-0.15, -0.1) is 0 Å². The Bertz CT molecular complexity index is 537. The molecule has 0 aliphatic heterocycles. The fraction of sp³-hybridized carbons (Fsp3) is 0.250. The van der Waals surface area contributed by atoms with Gasteiger partial charge in [0.1, 0.15) is 0 Å². The number of hydrogen-bond donors (Lipinski definition) is 1. The molecule has 0 aliphatic rings. The highest BCUT2D eigenvalue weighted by molar-refractivity contribution is 5.46. The molecule has 0 radical (unpaired) electrons. The summed E-state index contributed by atoms with van der Waals surface area (Å²) in [4.78, 5) is 0. The van der Waals surface area contributed by atoms with Crippen molar-refractivity contribution in [1.82, 2.24) is 9.78 Å². The molecule has 1 aromatic heterocycles. The predicted octanol–water partition coefficient (Wildman–Crippen LogP) is 2.26. The van der Waals surface area contributed by atoms with E-state index in [0.29, 0.717) is 5.69 Å². The molecule has 0 saturated carbocycles. The number of rotatable bonds is 3. The second kappa shape index (κ2) is 4.45. The third kappa shape index (κ3) is 2.22. The Balaban J connectivity index is 2.13. The predicted molar refractivity (Wildman–Crippen MR) is 63.1 cm³/mol. The lowest BCUT2D eigenvalue weighted by molar-refractivity contribution is 0.208. The zero-order valence-corrected chi connectivity index (χ0v) is 9.77. The number of anilines is 1. The van der Waals surface area contributed by atoms with Crippen molar-refractivity contribution in [3.05, 3.63) is 41.5 Å². The molecule has 17 heavy (non-hydrogen) atoms. The van der Waals surface area contributed by atoms with Crippen molar-refractivity contribution in [3.63, 3.8) is 0 Å². The van der Waals surface area contributed by atoms with E-state index in [2.05, 4.69) is 5.10 Å². The number of benzene rings is 1. The molecule has 5 heteroatoms. The summed E-state index contributed by atoms with van der Waals surface area (Å²) in [7, 11) is 0. The van der Waals surface area contributed by atoms with Crippen molar-refractivity contribution < 1.29 is 9.13 Å². The minimum Gasteiger partial charge on any atom is -0.468 e. The van der Waals surface area contributed by atoms with Crippen LogP contribution in [-0.2, 0) is 6.73 Å². The van der Waals surface area contributed by atoms with Gasteiger partial charge in [0.05, 0.1) is 17.1 Å². The second-order valence-electron chi connectivity index (χ2n) is 3.79. The number of nitrogens with two attached hydrogens (primary N) is 1. The zero-order valence-electron chi connectivity index (χ0n) is 9.77. The standard InChI is InChI=1S/C12H14FN3O/c1-8-12(14)9(2)16(15-8)7-17-11-6-4-3-5-10(11)13/h3-6H,7,14H2,1-2H3. The highest BCUT2D eigenvalue weighted by Gasteiger charge is 2.09. The summed E-state index contributed by atoms with van der Waals surface area (Å²) in [5.41, 5.74) is 8.00. The van der Waals surface area contributed by atoms with E-state index in [-0.39, 0.29) is 18.3 Å². The fourth-order valence-corrected chi connectivity index (χ4v) is 1.53. The maximum atomic E-state index is 13.3. The van der Waals surface area contributed by atoms with Gasteiger partial charge in [0.15, 0.2) is 18.3 Å². The number of ether oxygens (including phenoxy) is 1. The number of aryl methyl sites for hydroxylation is 1. The Morgan fingerprint density at radius 1 is 1.35 bits per heavy atom. The molecular weight excluding hydrogens is 221 g/mol. The molecule has 0 unspecified atom stereocenters. The van der Waals surface area contributed by atoms with Crippen LogP contribution >= 0.6 is 0 Å². The highest BCUT2D eigenvalue weighted by Crippen LogP contribution is 2.18. The maximum absolute atomic E-state index is 13.3. The van der Waals surface area contributed by atoms with Crippen LogP contribution in [-0.4, -0.2) is 9.78 Å². The van der Waals surface area contributed by atoms with Gasteiger partial charge in [0, 0.05) is 0 Å². The summed E-state index contributed by atoms with van der Waals surface area (Å²) in [6.07, 6.45) is 0. The van der Waals surface area contributed by atoms with E-state index in [0.717, 1.165) is 11.4 Å². The van der Waals surface area contributed by atoms with Crippen molar-refractivity contribution in [2.75, 3.05) is 5.73 Å². The minimum atomic E-state index is -0.387. The van der Waals surface area contributed by atoms with E-state index in [1.54, 1.807) is 22.9 Å². The molecule has 1 aromatic carbocycles. The van der Waals surface area contributed by atoms with E-state index in [9.17, 15) is 4.39 Å². The minimum absolute atomic E-state index is 0.144. The van der Waals surface area contributed by atoms with Crippen molar-refractivity contribution >= 4 is 5.69 Å². The topological polar surface area (TPSA) is 53.1 Å². The molecule has 0 aliphatic carbocycles. The molecule has 2 N–H and O–H groups in total. The zero-order chi connectivity index (χ0) is 12.4. The lowest BCUT2D eigenvalue weighted by Gasteiger charge is -2.08. The van der Waals surface area contributed by atoms with E-state index in [4.69, 9.17) is 10.5 Å². The summed E-state index contributed by atoms with van der Waals surface area (Å²) >= 11 is 0. The summed E-state index contributed by atoms with van der Waals surface area (Å²) < 4.78 is 20.2. The lowest BCUT2D eigenvalue weighted by atomic mass is 10.3. The van der Waals surface area contributed by atoms with Crippen LogP contribution in [0.5, 0.6) is 5.75 Å². The molecule has 90 valence electrons. The SMILES string of the molecule is Cc1nn(COc2ccccc2F)c(C)c1N. The number of aromatic nitrogens is 2. The van der Waals surface area contributed by atoms with Crippen LogP contribution in [0, 0.1) is 19.7 Å². The molecule has 0 spiro atoms. The molecule has 2 rings (SSSR count). The van der Waals surface area contributed by atoms with E-state index >= 15 is 0 Å². The first kappa shape index (κ1) is 11.4. The lowest BCUT2D eigenvalue weighted by Crippen LogP contribution is -2.09. The molecular formula is C12H14FN3O. The number of para-hydroxylation sites is 1. The first-order valence-corrected chi connectivity index (χ1v) is 5.26. The summed E-state index contributed by atoms with van der Waals surface area (Å²) in [6, 6.07) is 6.26. The Kier molecular flexibility index (Phi) is 2.99. The Morgan fingerprint density at radius 2 is 2.06 bits per heavy atom. The van der Waals surface area contributed by atoms with Crippen molar-refractivity contribution in [3.8, 4) is 5.75 Å². The molecule has 0 fully saturated rings. The molecule has 1 heterocycles. The third-order valence-electron chi connectivity index (χ3n) is 2.62. The monoisotopic (exact) mass is 235 g/mol. The Hall–Kier alpha value is -2.04. The first-order valence-electron chi connectivity index (χ1n) is 5.26. The van der Waals surface area contributed by atoms with Crippen LogP contribution in [0.3, 0.4) is 0 Å². The average Bonchev–Trinajstić information content (AvgIpc) is 2.56. The van der Waals surface area contributed by atoms with E-state index < -0.39 is 0 Å². The largest absolute Gasteiger partial charge is 0.468 e. The number of halogens is 1.